The van der Waals surface area contributed by atoms with E-state index in [4.69, 9.17) is 20.9 Å². The van der Waals surface area contributed by atoms with Gasteiger partial charge in [-0.05, 0) is 51.8 Å². The van der Waals surface area contributed by atoms with Crippen LogP contribution >= 0.6 is 11.6 Å². The zero-order chi connectivity index (χ0) is 23.1. The number of β-amino-alcohol motifs (C(OH)–C–C–N with tert-alkyl or cyclic N) is 1. The molecule has 0 bridgehead atoms. The number of amides is 1. The Hall–Kier alpha value is -1.97. The van der Waals surface area contributed by atoms with Crippen molar-refractivity contribution in [1.82, 2.24) is 9.88 Å². The monoisotopic (exact) mass is 457 g/mol. The third kappa shape index (κ3) is 4.70. The van der Waals surface area contributed by atoms with Crippen molar-refractivity contribution in [3.05, 3.63) is 52.8 Å². The van der Waals surface area contributed by atoms with Gasteiger partial charge in [-0.3, -0.25) is 14.7 Å². The van der Waals surface area contributed by atoms with Crippen LogP contribution in [0.4, 0.5) is 5.69 Å². The summed E-state index contributed by atoms with van der Waals surface area (Å²) in [7, 11) is -0.620. The molecule has 1 amide bonds. The minimum absolute atomic E-state index is 0.259. The third-order valence-electron chi connectivity index (χ3n) is 6.50. The van der Waals surface area contributed by atoms with Crippen molar-refractivity contribution >= 4 is 35.8 Å². The number of halogens is 1. The lowest BCUT2D eigenvalue weighted by Gasteiger charge is -2.32. The topological polar surface area (TPSA) is 83.9 Å². The van der Waals surface area contributed by atoms with Gasteiger partial charge in [0, 0.05) is 31.3 Å². The van der Waals surface area contributed by atoms with Crippen LogP contribution in [0.15, 0.2) is 36.5 Å². The van der Waals surface area contributed by atoms with Crippen molar-refractivity contribution in [2.75, 3.05) is 18.4 Å². The van der Waals surface area contributed by atoms with E-state index < -0.39 is 18.3 Å². The Morgan fingerprint density at radius 2 is 1.97 bits per heavy atom. The number of aromatic nitrogens is 1. The van der Waals surface area contributed by atoms with Gasteiger partial charge in [-0.25, -0.2) is 0 Å². The number of hydrogen-bond acceptors (Lipinski definition) is 6. The van der Waals surface area contributed by atoms with Crippen LogP contribution in [0.25, 0.3) is 0 Å². The van der Waals surface area contributed by atoms with E-state index >= 15 is 0 Å². The van der Waals surface area contributed by atoms with Gasteiger partial charge in [0.25, 0.3) is 5.91 Å². The number of hydrogen-bond donors (Lipinski definition) is 2. The summed E-state index contributed by atoms with van der Waals surface area (Å²) in [6.07, 6.45) is 2.23. The van der Waals surface area contributed by atoms with E-state index in [9.17, 15) is 9.90 Å². The Labute approximate surface area is 194 Å². The molecule has 0 saturated carbocycles. The van der Waals surface area contributed by atoms with Gasteiger partial charge in [-0.2, -0.15) is 0 Å². The van der Waals surface area contributed by atoms with E-state index in [2.05, 4.69) is 15.2 Å². The highest BCUT2D eigenvalue weighted by molar-refractivity contribution is 6.66. The first-order chi connectivity index (χ1) is 15.1. The van der Waals surface area contributed by atoms with Crippen LogP contribution < -0.4 is 10.8 Å². The van der Waals surface area contributed by atoms with Gasteiger partial charge in [0.2, 0.25) is 0 Å². The maximum atomic E-state index is 12.8. The Morgan fingerprint density at radius 3 is 2.56 bits per heavy atom. The minimum Gasteiger partial charge on any atom is -0.399 e. The van der Waals surface area contributed by atoms with Gasteiger partial charge < -0.3 is 19.7 Å². The van der Waals surface area contributed by atoms with Gasteiger partial charge >= 0.3 is 7.12 Å². The first kappa shape index (κ1) is 23.2. The van der Waals surface area contributed by atoms with Crippen LogP contribution in [-0.2, 0) is 15.9 Å². The Morgan fingerprint density at radius 1 is 1.25 bits per heavy atom. The maximum Gasteiger partial charge on any atom is 0.496 e. The molecule has 2 N–H and O–H groups in total. The van der Waals surface area contributed by atoms with Crippen LogP contribution in [0.5, 0.6) is 0 Å². The number of aliphatic hydroxyl groups excluding tert-OH is 1. The van der Waals surface area contributed by atoms with E-state index in [0.29, 0.717) is 35.0 Å². The summed E-state index contributed by atoms with van der Waals surface area (Å²) < 4.78 is 12.2. The largest absolute Gasteiger partial charge is 0.496 e. The first-order valence-corrected chi connectivity index (χ1v) is 11.2. The fraction of sp³-hybridized carbons (Fsp3) is 0.478. The standard InChI is InChI=1S/C23H29BClN3O4/c1-22(2)23(3,4)32-24(31-22)17-6-5-7-18(20(17)25)27-21(30)19-9-8-15(12-26-19)13-28-11-10-16(29)14-28/h5-9,12,16,29H,10-11,13-14H2,1-4H3,(H,27,30)/t16-/m1/s1. The Kier molecular flexibility index (Phi) is 6.35. The van der Waals surface area contributed by atoms with Crippen molar-refractivity contribution in [3.63, 3.8) is 0 Å². The minimum atomic E-state index is -0.620. The molecule has 4 rings (SSSR count). The van der Waals surface area contributed by atoms with E-state index in [1.807, 2.05) is 45.9 Å². The highest BCUT2D eigenvalue weighted by atomic mass is 35.5. The summed E-state index contributed by atoms with van der Waals surface area (Å²) in [5, 5.41) is 12.9. The molecule has 0 radical (unpaired) electrons. The summed E-state index contributed by atoms with van der Waals surface area (Å²) in [5.41, 5.74) is 1.46. The van der Waals surface area contributed by atoms with Crippen molar-refractivity contribution in [2.24, 2.45) is 0 Å². The smallest absolute Gasteiger partial charge is 0.399 e. The first-order valence-electron chi connectivity index (χ1n) is 10.9. The molecule has 32 heavy (non-hydrogen) atoms. The third-order valence-corrected chi connectivity index (χ3v) is 6.92. The molecule has 1 aromatic heterocycles. The summed E-state index contributed by atoms with van der Waals surface area (Å²) in [6, 6.07) is 8.96. The molecule has 0 aliphatic carbocycles. The molecule has 170 valence electrons. The van der Waals surface area contributed by atoms with E-state index in [1.54, 1.807) is 18.3 Å². The molecule has 9 heteroatoms. The summed E-state index contributed by atoms with van der Waals surface area (Å²) >= 11 is 6.62. The van der Waals surface area contributed by atoms with Crippen molar-refractivity contribution < 1.29 is 19.2 Å². The average Bonchev–Trinajstić information content (AvgIpc) is 3.22. The SMILES string of the molecule is CC1(C)OB(c2cccc(NC(=O)c3ccc(CN4CC[C@@H](O)C4)cn3)c2Cl)OC1(C)C. The molecular formula is C23H29BClN3O4. The van der Waals surface area contributed by atoms with Crippen molar-refractivity contribution in [2.45, 2.75) is 58.0 Å². The number of pyridine rings is 1. The molecule has 7 nitrogen and oxygen atoms in total. The van der Waals surface area contributed by atoms with Crippen molar-refractivity contribution in [3.8, 4) is 0 Å². The zero-order valence-corrected chi connectivity index (χ0v) is 19.6. The van der Waals surface area contributed by atoms with E-state index in [0.717, 1.165) is 18.5 Å². The summed E-state index contributed by atoms with van der Waals surface area (Å²) in [6.45, 7) is 10.2. The molecule has 0 spiro atoms. The molecule has 3 heterocycles. The second-order valence-corrected chi connectivity index (χ2v) is 9.86. The van der Waals surface area contributed by atoms with Crippen LogP contribution in [-0.4, -0.2) is 58.4 Å². The maximum absolute atomic E-state index is 12.8. The predicted molar refractivity (Wildman–Crippen MR) is 125 cm³/mol. The van der Waals surface area contributed by atoms with Gasteiger partial charge in [-0.1, -0.05) is 29.8 Å². The zero-order valence-electron chi connectivity index (χ0n) is 18.9. The van der Waals surface area contributed by atoms with Crippen LogP contribution in [0.1, 0.15) is 50.2 Å². The van der Waals surface area contributed by atoms with Crippen molar-refractivity contribution in [1.29, 1.82) is 0 Å². The lowest BCUT2D eigenvalue weighted by atomic mass is 9.79. The normalized spacial score (nSPS) is 22.3. The van der Waals surface area contributed by atoms with Gasteiger partial charge in [0.1, 0.15) is 5.69 Å². The molecule has 2 saturated heterocycles. The quantitative estimate of drug-likeness (QED) is 0.672. The molecule has 1 aromatic carbocycles. The summed E-state index contributed by atoms with van der Waals surface area (Å²) in [5.74, 6) is -0.346. The number of likely N-dealkylation sites (tertiary alicyclic amines) is 1. The van der Waals surface area contributed by atoms with Crippen LogP contribution in [0, 0.1) is 0 Å². The second-order valence-electron chi connectivity index (χ2n) is 9.48. The lowest BCUT2D eigenvalue weighted by Crippen LogP contribution is -2.41. The van der Waals surface area contributed by atoms with Gasteiger partial charge in [0.05, 0.1) is 28.0 Å². The number of aliphatic hydroxyl groups is 1. The molecule has 2 aliphatic heterocycles. The average molecular weight is 458 g/mol. The fourth-order valence-corrected chi connectivity index (χ4v) is 4.11. The van der Waals surface area contributed by atoms with Gasteiger partial charge in [-0.15, -0.1) is 0 Å². The molecule has 2 aliphatic rings. The second kappa shape index (κ2) is 8.76. The predicted octanol–water partition coefficient (Wildman–Crippen LogP) is 2.85. The number of nitrogens with one attached hydrogen (secondary N) is 1. The van der Waals surface area contributed by atoms with E-state index in [-0.39, 0.29) is 12.0 Å². The molecular weight excluding hydrogens is 429 g/mol. The summed E-state index contributed by atoms with van der Waals surface area (Å²) in [4.78, 5) is 19.2. The molecule has 2 aromatic rings. The molecule has 0 unspecified atom stereocenters. The highest BCUT2D eigenvalue weighted by Crippen LogP contribution is 2.37. The molecule has 2 fully saturated rings. The number of rotatable bonds is 5. The Bertz CT molecular complexity index is 983. The number of benzene rings is 1. The number of anilines is 1. The number of carbonyl (C=O) groups is 1. The Balaban J connectivity index is 1.44. The highest BCUT2D eigenvalue weighted by Gasteiger charge is 2.52. The molecule has 1 atom stereocenters. The lowest BCUT2D eigenvalue weighted by molar-refractivity contribution is 0.00578. The number of carbonyl (C=O) groups excluding carboxylic acids is 1. The number of nitrogens with zero attached hydrogens (tertiary/aromatic N) is 2. The van der Waals surface area contributed by atoms with Gasteiger partial charge in [0.15, 0.2) is 0 Å². The van der Waals surface area contributed by atoms with E-state index in [1.165, 1.54) is 0 Å². The van der Waals surface area contributed by atoms with Crippen LogP contribution in [0.2, 0.25) is 5.02 Å². The van der Waals surface area contributed by atoms with Crippen LogP contribution in [0.3, 0.4) is 0 Å². The fourth-order valence-electron chi connectivity index (χ4n) is 3.85.